The Morgan fingerprint density at radius 2 is 2.36 bits per heavy atom. The molecule has 3 nitrogen and oxygen atoms in total. The largest absolute Gasteiger partial charge is 0.459 e. The number of rotatable bonds is 2. The van der Waals surface area contributed by atoms with E-state index in [1.54, 1.807) is 0 Å². The van der Waals surface area contributed by atoms with Crippen LogP contribution in [0.1, 0.15) is 29.6 Å². The normalized spacial score (nSPS) is 16.1. The third kappa shape index (κ3) is 1.89. The minimum Gasteiger partial charge on any atom is -0.459 e. The molecule has 0 atom stereocenters. The molecule has 14 heavy (non-hydrogen) atoms. The van der Waals surface area contributed by atoms with Crippen LogP contribution in [0.5, 0.6) is 0 Å². The number of halogens is 1. The molecule has 1 saturated carbocycles. The highest BCUT2D eigenvalue weighted by Gasteiger charge is 2.22. The first kappa shape index (κ1) is 9.12. The van der Waals surface area contributed by atoms with Crippen LogP contribution in [0.4, 0.5) is 4.39 Å². The molecule has 0 saturated heterocycles. The Kier molecular flexibility index (Phi) is 2.43. The van der Waals surface area contributed by atoms with Gasteiger partial charge in [0, 0.05) is 12.3 Å². The number of pyridine rings is 1. The van der Waals surface area contributed by atoms with Crippen molar-refractivity contribution in [3.8, 4) is 0 Å². The summed E-state index contributed by atoms with van der Waals surface area (Å²) < 4.78 is 17.7. The van der Waals surface area contributed by atoms with E-state index in [4.69, 9.17) is 4.74 Å². The fraction of sp³-hybridized carbons (Fsp3) is 0.400. The zero-order chi connectivity index (χ0) is 9.97. The van der Waals surface area contributed by atoms with E-state index < -0.39 is 11.9 Å². The van der Waals surface area contributed by atoms with Crippen molar-refractivity contribution in [3.05, 3.63) is 29.8 Å². The number of carbonyl (C=O) groups is 1. The average Bonchev–Trinajstić information content (AvgIpc) is 2.11. The fourth-order valence-electron chi connectivity index (χ4n) is 1.24. The first-order chi connectivity index (χ1) is 6.75. The Labute approximate surface area is 80.9 Å². The number of esters is 1. The molecule has 74 valence electrons. The summed E-state index contributed by atoms with van der Waals surface area (Å²) in [6.45, 7) is 0. The lowest BCUT2D eigenvalue weighted by atomic mass is 9.96. The number of hydrogen-bond acceptors (Lipinski definition) is 3. The zero-order valence-electron chi connectivity index (χ0n) is 7.57. The predicted octanol–water partition coefficient (Wildman–Crippen LogP) is 1.93. The second-order valence-electron chi connectivity index (χ2n) is 3.33. The van der Waals surface area contributed by atoms with Gasteiger partial charge in [-0.15, -0.1) is 0 Å². The molecule has 1 aliphatic rings. The lowest BCUT2D eigenvalue weighted by molar-refractivity contribution is 0.00894. The van der Waals surface area contributed by atoms with Gasteiger partial charge in [0.1, 0.15) is 6.10 Å². The van der Waals surface area contributed by atoms with Gasteiger partial charge in [0.2, 0.25) is 5.95 Å². The van der Waals surface area contributed by atoms with Gasteiger partial charge in [-0.3, -0.25) is 0 Å². The number of carbonyl (C=O) groups excluding carboxylic acids is 1. The maximum Gasteiger partial charge on any atom is 0.338 e. The Morgan fingerprint density at radius 3 is 2.93 bits per heavy atom. The Bertz CT molecular complexity index is 350. The highest BCUT2D eigenvalue weighted by Crippen LogP contribution is 2.23. The monoisotopic (exact) mass is 195 g/mol. The van der Waals surface area contributed by atoms with Gasteiger partial charge in [0.15, 0.2) is 0 Å². The van der Waals surface area contributed by atoms with Crippen molar-refractivity contribution in [1.29, 1.82) is 0 Å². The molecule has 1 heterocycles. The minimum absolute atomic E-state index is 0.0266. The molecule has 0 spiro atoms. The van der Waals surface area contributed by atoms with Gasteiger partial charge in [-0.05, 0) is 25.3 Å². The van der Waals surface area contributed by atoms with Crippen LogP contribution in [0.3, 0.4) is 0 Å². The van der Waals surface area contributed by atoms with Crippen molar-refractivity contribution in [2.24, 2.45) is 0 Å². The highest BCUT2D eigenvalue weighted by atomic mass is 19.1. The lowest BCUT2D eigenvalue weighted by Gasteiger charge is -2.25. The molecule has 4 heteroatoms. The summed E-state index contributed by atoms with van der Waals surface area (Å²) in [5.74, 6) is -1.12. The van der Waals surface area contributed by atoms with Gasteiger partial charge < -0.3 is 4.74 Å². The number of ether oxygens (including phenoxy) is 1. The van der Waals surface area contributed by atoms with Gasteiger partial charge in [-0.25, -0.2) is 9.78 Å². The summed E-state index contributed by atoms with van der Waals surface area (Å²) in [6.07, 6.45) is 4.22. The first-order valence-electron chi connectivity index (χ1n) is 4.58. The van der Waals surface area contributed by atoms with Gasteiger partial charge in [-0.2, -0.15) is 4.39 Å². The number of nitrogens with zero attached hydrogens (tertiary/aromatic N) is 1. The van der Waals surface area contributed by atoms with E-state index in [-0.39, 0.29) is 11.7 Å². The Balaban J connectivity index is 2.02. The summed E-state index contributed by atoms with van der Waals surface area (Å²) in [7, 11) is 0. The quantitative estimate of drug-likeness (QED) is 0.534. The van der Waals surface area contributed by atoms with Crippen LogP contribution in [0.25, 0.3) is 0 Å². The molecule has 0 unspecified atom stereocenters. The van der Waals surface area contributed by atoms with Crippen LogP contribution in [0.15, 0.2) is 18.3 Å². The average molecular weight is 195 g/mol. The van der Waals surface area contributed by atoms with Crippen molar-refractivity contribution < 1.29 is 13.9 Å². The maximum absolute atomic E-state index is 12.6. The maximum atomic E-state index is 12.6. The van der Waals surface area contributed by atoms with E-state index in [2.05, 4.69) is 4.98 Å². The molecule has 1 fully saturated rings. The smallest absolute Gasteiger partial charge is 0.338 e. The second-order valence-corrected chi connectivity index (χ2v) is 3.33. The molecular formula is C10H10FNO2. The SMILES string of the molecule is O=C(OC1CCC1)c1ccnc(F)c1. The zero-order valence-corrected chi connectivity index (χ0v) is 7.57. The Morgan fingerprint density at radius 1 is 1.57 bits per heavy atom. The van der Waals surface area contributed by atoms with Crippen molar-refractivity contribution in [1.82, 2.24) is 4.98 Å². The minimum atomic E-state index is -0.659. The molecule has 0 amide bonds. The van der Waals surface area contributed by atoms with Crippen LogP contribution in [0.2, 0.25) is 0 Å². The van der Waals surface area contributed by atoms with Crippen LogP contribution in [-0.2, 0) is 4.74 Å². The van der Waals surface area contributed by atoms with E-state index in [1.165, 1.54) is 12.3 Å². The van der Waals surface area contributed by atoms with E-state index in [0.717, 1.165) is 25.3 Å². The van der Waals surface area contributed by atoms with Gasteiger partial charge >= 0.3 is 5.97 Å². The van der Waals surface area contributed by atoms with Gasteiger partial charge in [0.05, 0.1) is 5.56 Å². The third-order valence-electron chi connectivity index (χ3n) is 2.29. The molecule has 1 aromatic heterocycles. The number of hydrogen-bond donors (Lipinski definition) is 0. The van der Waals surface area contributed by atoms with E-state index in [9.17, 15) is 9.18 Å². The summed E-state index contributed by atoms with van der Waals surface area (Å²) in [6, 6.07) is 2.53. The third-order valence-corrected chi connectivity index (χ3v) is 2.29. The van der Waals surface area contributed by atoms with Gasteiger partial charge in [-0.1, -0.05) is 0 Å². The van der Waals surface area contributed by atoms with Crippen molar-refractivity contribution in [2.45, 2.75) is 25.4 Å². The molecule has 2 rings (SSSR count). The highest BCUT2D eigenvalue weighted by molar-refractivity contribution is 5.89. The van der Waals surface area contributed by atoms with E-state index >= 15 is 0 Å². The molecule has 0 bridgehead atoms. The molecule has 0 aliphatic heterocycles. The van der Waals surface area contributed by atoms with Crippen LogP contribution < -0.4 is 0 Å². The summed E-state index contributed by atoms with van der Waals surface area (Å²) in [4.78, 5) is 14.7. The molecule has 1 aliphatic carbocycles. The first-order valence-corrected chi connectivity index (χ1v) is 4.58. The molecule has 0 N–H and O–H groups in total. The molecular weight excluding hydrogens is 185 g/mol. The molecule has 1 aromatic rings. The predicted molar refractivity (Wildman–Crippen MR) is 47.2 cm³/mol. The van der Waals surface area contributed by atoms with Crippen LogP contribution in [-0.4, -0.2) is 17.1 Å². The summed E-state index contributed by atoms with van der Waals surface area (Å²) >= 11 is 0. The van der Waals surface area contributed by atoms with Crippen LogP contribution in [0, 0.1) is 5.95 Å². The van der Waals surface area contributed by atoms with Crippen LogP contribution >= 0.6 is 0 Å². The second kappa shape index (κ2) is 3.74. The van der Waals surface area contributed by atoms with Crippen molar-refractivity contribution in [3.63, 3.8) is 0 Å². The summed E-state index contributed by atoms with van der Waals surface area (Å²) in [5.41, 5.74) is 0.226. The number of aromatic nitrogens is 1. The standard InChI is InChI=1S/C10H10FNO2/c11-9-6-7(4-5-12-9)10(13)14-8-2-1-3-8/h4-6,8H,1-3H2. The van der Waals surface area contributed by atoms with Crippen molar-refractivity contribution >= 4 is 5.97 Å². The summed E-state index contributed by atoms with van der Waals surface area (Å²) in [5, 5.41) is 0. The molecule has 0 aromatic carbocycles. The molecule has 0 radical (unpaired) electrons. The van der Waals surface area contributed by atoms with Crippen molar-refractivity contribution in [2.75, 3.05) is 0 Å². The Hall–Kier alpha value is -1.45. The fourth-order valence-corrected chi connectivity index (χ4v) is 1.24. The van der Waals surface area contributed by atoms with Gasteiger partial charge in [0.25, 0.3) is 0 Å². The van der Waals surface area contributed by atoms with E-state index in [0.29, 0.717) is 0 Å². The topological polar surface area (TPSA) is 39.2 Å². The van der Waals surface area contributed by atoms with E-state index in [1.807, 2.05) is 0 Å². The lowest BCUT2D eigenvalue weighted by Crippen LogP contribution is -2.25.